The Morgan fingerprint density at radius 2 is 2.00 bits per heavy atom. The molecule has 108 valence electrons. The minimum absolute atomic E-state index is 0. The highest BCUT2D eigenvalue weighted by atomic mass is 79.9. The van der Waals surface area contributed by atoms with Crippen molar-refractivity contribution < 1.29 is 14.3 Å². The quantitative estimate of drug-likeness (QED) is 0.857. The fourth-order valence-corrected chi connectivity index (χ4v) is 2.39. The van der Waals surface area contributed by atoms with Gasteiger partial charge in [-0.25, -0.2) is 0 Å². The number of ether oxygens (including phenoxy) is 2. The van der Waals surface area contributed by atoms with Gasteiger partial charge >= 0.3 is 0 Å². The van der Waals surface area contributed by atoms with Crippen molar-refractivity contribution in [2.45, 2.75) is 12.8 Å². The molecule has 6 heteroatoms. The predicted molar refractivity (Wildman–Crippen MR) is 80.6 cm³/mol. The average molecular weight is 341 g/mol. The van der Waals surface area contributed by atoms with E-state index in [9.17, 15) is 4.79 Å². The molecule has 1 N–H and O–H groups in total. The molecule has 0 atom stereocenters. The molecule has 3 rings (SSSR count). The van der Waals surface area contributed by atoms with Crippen molar-refractivity contribution in [1.82, 2.24) is 4.90 Å². The summed E-state index contributed by atoms with van der Waals surface area (Å²) in [5, 5.41) is 7.74. The van der Waals surface area contributed by atoms with Gasteiger partial charge in [-0.15, -0.1) is 17.0 Å². The van der Waals surface area contributed by atoms with Crippen molar-refractivity contribution in [2.24, 2.45) is 0 Å². The number of hydrogen-bond donors (Lipinski definition) is 1. The first-order valence-corrected chi connectivity index (χ1v) is 6.49. The molecule has 1 fully saturated rings. The lowest BCUT2D eigenvalue weighted by molar-refractivity contribution is 0.0964. The number of ketones is 1. The van der Waals surface area contributed by atoms with Crippen LogP contribution in [0.25, 0.3) is 0 Å². The van der Waals surface area contributed by atoms with Crippen LogP contribution in [-0.2, 0) is 0 Å². The largest absolute Gasteiger partial charge is 0.486 e. The summed E-state index contributed by atoms with van der Waals surface area (Å²) in [5.41, 5.74) is 0.615. The number of carbonyl (C=O) groups is 1. The summed E-state index contributed by atoms with van der Waals surface area (Å²) < 4.78 is 10.9. The first kappa shape index (κ1) is 14.8. The van der Waals surface area contributed by atoms with E-state index in [0.29, 0.717) is 36.1 Å². The van der Waals surface area contributed by atoms with Gasteiger partial charge in [0.25, 0.3) is 0 Å². The maximum atomic E-state index is 12.2. The Bertz CT molecular complexity index is 533. The highest BCUT2D eigenvalue weighted by Gasteiger charge is 2.21. The Kier molecular flexibility index (Phi) is 4.65. The molecule has 0 aromatic heterocycles. The highest BCUT2D eigenvalue weighted by molar-refractivity contribution is 8.93. The molecule has 1 saturated heterocycles. The molecule has 0 amide bonds. The molecule has 20 heavy (non-hydrogen) atoms. The van der Waals surface area contributed by atoms with E-state index in [-0.39, 0.29) is 29.3 Å². The molecule has 5 nitrogen and oxygen atoms in total. The lowest BCUT2D eigenvalue weighted by Gasteiger charge is -2.20. The van der Waals surface area contributed by atoms with Crippen molar-refractivity contribution in [3.63, 3.8) is 0 Å². The fraction of sp³-hybridized carbons (Fsp3) is 0.429. The summed E-state index contributed by atoms with van der Waals surface area (Å²) in [7, 11) is 0. The predicted octanol–water partition coefficient (Wildman–Crippen LogP) is 2.29. The lowest BCUT2D eigenvalue weighted by atomic mass is 10.1. The molecular weight excluding hydrogens is 324 g/mol. The summed E-state index contributed by atoms with van der Waals surface area (Å²) in [6, 6.07) is 5.27. The second-order valence-corrected chi connectivity index (χ2v) is 4.75. The molecule has 1 aromatic carbocycles. The van der Waals surface area contributed by atoms with Gasteiger partial charge in [0.1, 0.15) is 13.2 Å². The number of nitrogens with one attached hydrogen (secondary N) is 1. The Morgan fingerprint density at radius 1 is 1.25 bits per heavy atom. The van der Waals surface area contributed by atoms with Crippen LogP contribution in [0.3, 0.4) is 0 Å². The van der Waals surface area contributed by atoms with Gasteiger partial charge in [-0.1, -0.05) is 0 Å². The van der Waals surface area contributed by atoms with E-state index in [1.165, 1.54) is 0 Å². The summed E-state index contributed by atoms with van der Waals surface area (Å²) >= 11 is 0. The summed E-state index contributed by atoms with van der Waals surface area (Å²) in [6.45, 7) is 2.14. The third-order valence-corrected chi connectivity index (χ3v) is 3.42. The van der Waals surface area contributed by atoms with Gasteiger partial charge in [0.2, 0.25) is 0 Å². The summed E-state index contributed by atoms with van der Waals surface area (Å²) in [4.78, 5) is 14.0. The first-order valence-electron chi connectivity index (χ1n) is 6.49. The number of Topliss-reactive ketones (excluding diaryl/α,β-unsaturated/α-hetero) is 1. The molecule has 0 aliphatic carbocycles. The Hall–Kier alpha value is -1.56. The number of fused-ring (bicyclic) bond motifs is 1. The fourth-order valence-electron chi connectivity index (χ4n) is 2.39. The van der Waals surface area contributed by atoms with Crippen molar-refractivity contribution in [1.29, 1.82) is 5.41 Å². The topological polar surface area (TPSA) is 62.6 Å². The van der Waals surface area contributed by atoms with Gasteiger partial charge in [-0.3, -0.25) is 10.2 Å². The van der Waals surface area contributed by atoms with Crippen molar-refractivity contribution in [2.75, 3.05) is 26.3 Å². The van der Waals surface area contributed by atoms with Crippen LogP contribution in [-0.4, -0.2) is 42.8 Å². The molecule has 0 spiro atoms. The maximum absolute atomic E-state index is 12.2. The molecule has 0 unspecified atom stereocenters. The van der Waals surface area contributed by atoms with Gasteiger partial charge in [-0.2, -0.15) is 0 Å². The summed E-state index contributed by atoms with van der Waals surface area (Å²) in [5.74, 6) is 1.90. The van der Waals surface area contributed by atoms with Crippen molar-refractivity contribution in [3.8, 4) is 11.5 Å². The lowest BCUT2D eigenvalue weighted by Crippen LogP contribution is -2.30. The van der Waals surface area contributed by atoms with Crippen LogP contribution < -0.4 is 9.47 Å². The smallest absolute Gasteiger partial charge is 0.182 e. The third kappa shape index (κ3) is 2.95. The number of halogens is 1. The maximum Gasteiger partial charge on any atom is 0.182 e. The second kappa shape index (κ2) is 6.26. The minimum atomic E-state index is 0. The van der Waals surface area contributed by atoms with E-state index in [1.54, 1.807) is 18.2 Å². The van der Waals surface area contributed by atoms with Crippen LogP contribution in [0.5, 0.6) is 11.5 Å². The SMILES string of the molecule is Br.N=C1CCCN1CC(=O)c1ccc2c(c1)OCCO2. The Balaban J connectivity index is 0.00000147. The van der Waals surface area contributed by atoms with E-state index >= 15 is 0 Å². The van der Waals surface area contributed by atoms with Gasteiger partial charge in [0, 0.05) is 18.5 Å². The van der Waals surface area contributed by atoms with E-state index < -0.39 is 0 Å². The second-order valence-electron chi connectivity index (χ2n) is 4.75. The van der Waals surface area contributed by atoms with Crippen LogP contribution in [0.2, 0.25) is 0 Å². The molecule has 2 heterocycles. The van der Waals surface area contributed by atoms with E-state index in [0.717, 1.165) is 19.4 Å². The van der Waals surface area contributed by atoms with Gasteiger partial charge in [-0.05, 0) is 24.6 Å². The molecule has 0 saturated carbocycles. The zero-order valence-corrected chi connectivity index (χ0v) is 12.8. The Morgan fingerprint density at radius 3 is 2.70 bits per heavy atom. The number of nitrogens with zero attached hydrogens (tertiary/aromatic N) is 1. The third-order valence-electron chi connectivity index (χ3n) is 3.42. The number of benzene rings is 1. The first-order chi connectivity index (χ1) is 9.24. The van der Waals surface area contributed by atoms with Crippen molar-refractivity contribution in [3.05, 3.63) is 23.8 Å². The van der Waals surface area contributed by atoms with Crippen LogP contribution >= 0.6 is 17.0 Å². The number of rotatable bonds is 3. The molecule has 0 radical (unpaired) electrons. The van der Waals surface area contributed by atoms with Crippen LogP contribution in [0.4, 0.5) is 0 Å². The molecule has 2 aliphatic heterocycles. The highest BCUT2D eigenvalue weighted by Crippen LogP contribution is 2.31. The number of amidine groups is 1. The van der Waals surface area contributed by atoms with Gasteiger partial charge in [0.05, 0.1) is 12.4 Å². The molecule has 1 aromatic rings. The monoisotopic (exact) mass is 340 g/mol. The minimum Gasteiger partial charge on any atom is -0.486 e. The number of hydrogen-bond acceptors (Lipinski definition) is 4. The van der Waals surface area contributed by atoms with E-state index in [2.05, 4.69) is 0 Å². The number of carbonyl (C=O) groups excluding carboxylic acids is 1. The van der Waals surface area contributed by atoms with Crippen LogP contribution in [0.1, 0.15) is 23.2 Å². The Labute approximate surface area is 128 Å². The molecular formula is C14H17BrN2O3. The molecule has 0 bridgehead atoms. The van der Waals surface area contributed by atoms with Crippen LogP contribution in [0, 0.1) is 5.41 Å². The van der Waals surface area contributed by atoms with Gasteiger partial charge < -0.3 is 14.4 Å². The average Bonchev–Trinajstić information content (AvgIpc) is 2.84. The van der Waals surface area contributed by atoms with E-state index in [1.807, 2.05) is 4.90 Å². The van der Waals surface area contributed by atoms with Crippen molar-refractivity contribution >= 4 is 28.6 Å². The zero-order chi connectivity index (χ0) is 13.2. The van der Waals surface area contributed by atoms with E-state index in [4.69, 9.17) is 14.9 Å². The molecule has 2 aliphatic rings. The normalized spacial score (nSPS) is 16.8. The van der Waals surface area contributed by atoms with Crippen LogP contribution in [0.15, 0.2) is 18.2 Å². The number of likely N-dealkylation sites (tertiary alicyclic amines) is 1. The zero-order valence-electron chi connectivity index (χ0n) is 11.1. The summed E-state index contributed by atoms with van der Waals surface area (Å²) in [6.07, 6.45) is 1.74. The standard InChI is InChI=1S/C14H16N2O3.BrH/c15-14-2-1-5-16(14)9-11(17)10-3-4-12-13(8-10)19-7-6-18-12;/h3-4,8,15H,1-2,5-7,9H2;1H. The van der Waals surface area contributed by atoms with Gasteiger partial charge in [0.15, 0.2) is 17.3 Å².